The summed E-state index contributed by atoms with van der Waals surface area (Å²) in [5.74, 6) is 1.39. The number of benzene rings is 4. The van der Waals surface area contributed by atoms with Crippen molar-refractivity contribution in [3.05, 3.63) is 136 Å². The molecule has 5 heteroatoms. The van der Waals surface area contributed by atoms with Gasteiger partial charge in [0.1, 0.15) is 18.2 Å². The Hall–Kier alpha value is -3.70. The maximum absolute atomic E-state index is 13.9. The average molecular weight is 553 g/mol. The van der Waals surface area contributed by atoms with Crippen LogP contribution in [-0.4, -0.2) is 6.21 Å². The zero-order valence-electron chi connectivity index (χ0n) is 20.1. The molecule has 0 unspecified atom stereocenters. The predicted octanol–water partition coefficient (Wildman–Crippen LogP) is 8.74. The highest BCUT2D eigenvalue weighted by Gasteiger charge is 2.37. The molecule has 0 radical (unpaired) electrons. The summed E-state index contributed by atoms with van der Waals surface area (Å²) in [6.45, 7) is 0.171. The van der Waals surface area contributed by atoms with Crippen LogP contribution in [-0.2, 0) is 6.61 Å². The molecule has 1 aliphatic carbocycles. The van der Waals surface area contributed by atoms with Gasteiger partial charge < -0.3 is 10.1 Å². The van der Waals surface area contributed by atoms with Crippen LogP contribution in [0.4, 0.5) is 15.8 Å². The van der Waals surface area contributed by atoms with Crippen LogP contribution in [0.5, 0.6) is 5.75 Å². The number of fused-ring (bicyclic) bond motifs is 3. The quantitative estimate of drug-likeness (QED) is 0.191. The number of anilines is 1. The van der Waals surface area contributed by atoms with Crippen molar-refractivity contribution in [1.29, 1.82) is 0 Å². The Balaban J connectivity index is 1.13. The van der Waals surface area contributed by atoms with Crippen molar-refractivity contribution in [2.45, 2.75) is 25.0 Å². The first-order chi connectivity index (χ1) is 18.2. The SMILES string of the molecule is Fc1ccccc1COc1ccc(C=Nc2ccc([C@@H]3Nc4ccccc4[C@@H]4C=CC[C@@H]43)cc2)cc1Br. The maximum atomic E-state index is 13.9. The van der Waals surface area contributed by atoms with Crippen LogP contribution in [0.2, 0.25) is 0 Å². The number of rotatable bonds is 6. The molecule has 1 aliphatic heterocycles. The van der Waals surface area contributed by atoms with Crippen molar-refractivity contribution in [3.8, 4) is 5.75 Å². The van der Waals surface area contributed by atoms with E-state index in [4.69, 9.17) is 4.74 Å². The highest BCUT2D eigenvalue weighted by Crippen LogP contribution is 2.49. The van der Waals surface area contributed by atoms with Gasteiger partial charge >= 0.3 is 0 Å². The molecule has 3 atom stereocenters. The summed E-state index contributed by atoms with van der Waals surface area (Å²) in [7, 11) is 0. The molecule has 2 aliphatic rings. The first-order valence-corrected chi connectivity index (χ1v) is 13.3. The van der Waals surface area contributed by atoms with E-state index in [1.54, 1.807) is 18.2 Å². The molecule has 0 saturated heterocycles. The van der Waals surface area contributed by atoms with Crippen molar-refractivity contribution in [2.24, 2.45) is 10.9 Å². The van der Waals surface area contributed by atoms with Gasteiger partial charge in [-0.15, -0.1) is 0 Å². The Kier molecular flexibility index (Phi) is 6.62. The zero-order valence-corrected chi connectivity index (χ0v) is 21.7. The van der Waals surface area contributed by atoms with Crippen LogP contribution in [0.3, 0.4) is 0 Å². The summed E-state index contributed by atoms with van der Waals surface area (Å²) < 4.78 is 20.5. The Bertz CT molecular complexity index is 1480. The van der Waals surface area contributed by atoms with E-state index in [0.29, 0.717) is 23.1 Å². The lowest BCUT2D eigenvalue weighted by Crippen LogP contribution is -2.28. The number of nitrogens with zero attached hydrogens (tertiary/aromatic N) is 1. The second-order valence-corrected chi connectivity index (χ2v) is 10.3. The number of ether oxygens (including phenoxy) is 1. The molecule has 1 N–H and O–H groups in total. The fourth-order valence-corrected chi connectivity index (χ4v) is 5.79. The van der Waals surface area contributed by atoms with Gasteiger partial charge in [0.05, 0.1) is 16.2 Å². The van der Waals surface area contributed by atoms with E-state index >= 15 is 0 Å². The lowest BCUT2D eigenvalue weighted by Gasteiger charge is -2.37. The molecule has 3 nitrogen and oxygen atoms in total. The normalized spacial score (nSPS) is 19.9. The smallest absolute Gasteiger partial charge is 0.134 e. The zero-order chi connectivity index (χ0) is 25.2. The largest absolute Gasteiger partial charge is 0.488 e. The minimum atomic E-state index is -0.266. The molecule has 1 heterocycles. The summed E-state index contributed by atoms with van der Waals surface area (Å²) in [6.07, 6.45) is 7.61. The Morgan fingerprint density at radius 1 is 0.973 bits per heavy atom. The van der Waals surface area contributed by atoms with Gasteiger partial charge in [-0.05, 0) is 87.4 Å². The number of halogens is 2. The lowest BCUT2D eigenvalue weighted by molar-refractivity contribution is 0.298. The molecule has 0 saturated carbocycles. The maximum Gasteiger partial charge on any atom is 0.134 e. The molecule has 0 spiro atoms. The molecule has 0 fully saturated rings. The highest BCUT2D eigenvalue weighted by molar-refractivity contribution is 9.10. The Labute approximate surface area is 224 Å². The van der Waals surface area contributed by atoms with Gasteiger partial charge in [-0.25, -0.2) is 4.39 Å². The number of hydrogen-bond donors (Lipinski definition) is 1. The number of allylic oxidation sites excluding steroid dienone is 2. The molecule has 6 rings (SSSR count). The molecular weight excluding hydrogens is 527 g/mol. The van der Waals surface area contributed by atoms with E-state index in [1.165, 1.54) is 22.9 Å². The average Bonchev–Trinajstić information content (AvgIpc) is 3.43. The lowest BCUT2D eigenvalue weighted by atomic mass is 9.77. The summed E-state index contributed by atoms with van der Waals surface area (Å²) >= 11 is 3.56. The third kappa shape index (κ3) is 4.96. The van der Waals surface area contributed by atoms with Crippen LogP contribution < -0.4 is 10.1 Å². The van der Waals surface area contributed by atoms with Gasteiger partial charge in [0, 0.05) is 23.4 Å². The summed E-state index contributed by atoms with van der Waals surface area (Å²) in [5, 5.41) is 3.78. The van der Waals surface area contributed by atoms with E-state index in [2.05, 4.69) is 86.9 Å². The van der Waals surface area contributed by atoms with Gasteiger partial charge in [-0.3, -0.25) is 4.99 Å². The molecule has 184 valence electrons. The first-order valence-electron chi connectivity index (χ1n) is 12.5. The molecule has 37 heavy (non-hydrogen) atoms. The fraction of sp³-hybridized carbons (Fsp3) is 0.156. The van der Waals surface area contributed by atoms with Crippen LogP contribution in [0.1, 0.15) is 40.6 Å². The van der Waals surface area contributed by atoms with Crippen molar-refractivity contribution < 1.29 is 9.13 Å². The number of para-hydroxylation sites is 1. The van der Waals surface area contributed by atoms with E-state index in [-0.39, 0.29) is 18.5 Å². The van der Waals surface area contributed by atoms with Crippen LogP contribution in [0.15, 0.2) is 113 Å². The van der Waals surface area contributed by atoms with Crippen LogP contribution in [0, 0.1) is 11.7 Å². The number of nitrogens with one attached hydrogen (secondary N) is 1. The standard InChI is InChI=1S/C32H26BrFN2O/c33-28-18-21(12-17-31(28)37-20-23-6-1-3-10-29(23)34)19-35-24-15-13-22(14-16-24)32-27-9-5-8-25(27)26-7-2-4-11-30(26)36-32/h1-8,10-19,25,27,32,36H,9,20H2/t25-,27-,32-/m0/s1. The number of aliphatic imine (C=N–C) groups is 1. The van der Waals surface area contributed by atoms with Gasteiger partial charge in [-0.1, -0.05) is 60.7 Å². The monoisotopic (exact) mass is 552 g/mol. The van der Waals surface area contributed by atoms with E-state index < -0.39 is 0 Å². The minimum Gasteiger partial charge on any atom is -0.488 e. The summed E-state index contributed by atoms with van der Waals surface area (Å²) in [6, 6.07) is 29.8. The second-order valence-electron chi connectivity index (χ2n) is 9.48. The highest BCUT2D eigenvalue weighted by atomic mass is 79.9. The van der Waals surface area contributed by atoms with Crippen molar-refractivity contribution in [3.63, 3.8) is 0 Å². The molecule has 0 amide bonds. The summed E-state index contributed by atoms with van der Waals surface area (Å²) in [5.41, 5.74) is 6.28. The first kappa shape index (κ1) is 23.7. The van der Waals surface area contributed by atoms with Crippen molar-refractivity contribution in [2.75, 3.05) is 5.32 Å². The topological polar surface area (TPSA) is 33.6 Å². The predicted molar refractivity (Wildman–Crippen MR) is 151 cm³/mol. The Morgan fingerprint density at radius 2 is 1.78 bits per heavy atom. The van der Waals surface area contributed by atoms with Gasteiger partial charge in [-0.2, -0.15) is 0 Å². The fourth-order valence-electron chi connectivity index (χ4n) is 5.28. The van der Waals surface area contributed by atoms with E-state index in [1.807, 2.05) is 24.4 Å². The second kappa shape index (κ2) is 10.3. The van der Waals surface area contributed by atoms with Crippen molar-refractivity contribution >= 4 is 33.5 Å². The summed E-state index contributed by atoms with van der Waals surface area (Å²) in [4.78, 5) is 4.67. The Morgan fingerprint density at radius 3 is 2.62 bits per heavy atom. The van der Waals surface area contributed by atoms with Crippen molar-refractivity contribution in [1.82, 2.24) is 0 Å². The van der Waals surface area contributed by atoms with Gasteiger partial charge in [0.25, 0.3) is 0 Å². The third-order valence-corrected chi connectivity index (χ3v) is 7.80. The van der Waals surface area contributed by atoms with Gasteiger partial charge in [0.15, 0.2) is 0 Å². The van der Waals surface area contributed by atoms with E-state index in [0.717, 1.165) is 22.1 Å². The number of hydrogen-bond acceptors (Lipinski definition) is 3. The molecule has 0 aromatic heterocycles. The molecule has 4 aromatic rings. The van der Waals surface area contributed by atoms with Gasteiger partial charge in [0.2, 0.25) is 0 Å². The minimum absolute atomic E-state index is 0.171. The molecular formula is C32H26BrFN2O. The third-order valence-electron chi connectivity index (χ3n) is 7.18. The van der Waals surface area contributed by atoms with Crippen LogP contribution >= 0.6 is 15.9 Å². The van der Waals surface area contributed by atoms with E-state index in [9.17, 15) is 4.39 Å². The molecule has 0 bridgehead atoms. The van der Waals surface area contributed by atoms with Crippen LogP contribution in [0.25, 0.3) is 0 Å². The molecule has 4 aromatic carbocycles.